The van der Waals surface area contributed by atoms with E-state index in [2.05, 4.69) is 15.9 Å². The lowest BCUT2D eigenvalue weighted by Gasteiger charge is -2.12. The molecule has 0 aromatic carbocycles. The van der Waals surface area contributed by atoms with Gasteiger partial charge in [-0.1, -0.05) is 22.0 Å². The third kappa shape index (κ3) is 5.76. The van der Waals surface area contributed by atoms with E-state index in [9.17, 15) is 4.57 Å². The molecule has 0 unspecified atom stereocenters. The summed E-state index contributed by atoms with van der Waals surface area (Å²) in [5, 5.41) is 0. The van der Waals surface area contributed by atoms with E-state index in [1.165, 1.54) is 5.82 Å². The van der Waals surface area contributed by atoms with Crippen LogP contribution < -0.4 is 0 Å². The molecule has 0 fully saturated rings. The summed E-state index contributed by atoms with van der Waals surface area (Å²) in [6.07, 6.45) is 3.52. The normalized spacial score (nSPS) is 13.9. The Morgan fingerprint density at radius 2 is 1.86 bits per heavy atom. The van der Waals surface area contributed by atoms with Gasteiger partial charge in [0.25, 0.3) is 0 Å². The monoisotopic (exact) mass is 282 g/mol. The van der Waals surface area contributed by atoms with E-state index in [1.807, 2.05) is 13.0 Å². The van der Waals surface area contributed by atoms with E-state index in [0.29, 0.717) is 13.2 Å². The topological polar surface area (TPSA) is 35.5 Å². The summed E-state index contributed by atoms with van der Waals surface area (Å²) in [6, 6.07) is 0. The molecule has 0 amide bonds. The molecule has 3 nitrogen and oxygen atoms in total. The summed E-state index contributed by atoms with van der Waals surface area (Å²) < 4.78 is 22.8. The SMILES string of the molecule is C/C=C(Br)/C=C/P(=O)(OCC)OCC. The first-order valence-electron chi connectivity index (χ1n) is 4.47. The Kier molecular flexibility index (Phi) is 7.47. The second kappa shape index (κ2) is 7.41. The quantitative estimate of drug-likeness (QED) is 0.544. The first kappa shape index (κ1) is 14.1. The van der Waals surface area contributed by atoms with Crippen molar-refractivity contribution in [1.29, 1.82) is 0 Å². The average Bonchev–Trinajstić information content (AvgIpc) is 2.15. The third-order valence-electron chi connectivity index (χ3n) is 1.31. The molecule has 0 aromatic heterocycles. The van der Waals surface area contributed by atoms with E-state index in [4.69, 9.17) is 9.05 Å². The van der Waals surface area contributed by atoms with Gasteiger partial charge in [-0.2, -0.15) is 0 Å². The lowest BCUT2D eigenvalue weighted by atomic mass is 10.5. The smallest absolute Gasteiger partial charge is 0.306 e. The average molecular weight is 283 g/mol. The summed E-state index contributed by atoms with van der Waals surface area (Å²) >= 11 is 3.27. The van der Waals surface area contributed by atoms with Crippen LogP contribution in [-0.4, -0.2) is 13.2 Å². The fraction of sp³-hybridized carbons (Fsp3) is 0.556. The van der Waals surface area contributed by atoms with Crippen molar-refractivity contribution in [3.8, 4) is 0 Å². The Hall–Kier alpha value is 0.110. The van der Waals surface area contributed by atoms with E-state index < -0.39 is 7.60 Å². The molecule has 0 radical (unpaired) electrons. The maximum Gasteiger partial charge on any atom is 0.354 e. The molecular formula is C9H16BrO3P. The van der Waals surface area contributed by atoms with Gasteiger partial charge in [-0.3, -0.25) is 4.57 Å². The van der Waals surface area contributed by atoms with Gasteiger partial charge in [0.05, 0.1) is 13.2 Å². The summed E-state index contributed by atoms with van der Waals surface area (Å²) in [4.78, 5) is 0. The number of rotatable bonds is 6. The van der Waals surface area contributed by atoms with Gasteiger partial charge >= 0.3 is 7.60 Å². The molecule has 0 spiro atoms. The maximum absolute atomic E-state index is 11.9. The van der Waals surface area contributed by atoms with Crippen molar-refractivity contribution in [2.45, 2.75) is 20.8 Å². The molecule has 0 rings (SSSR count). The zero-order chi connectivity index (χ0) is 11.0. The number of allylic oxidation sites excluding steroid dienone is 3. The second-order valence-corrected chi connectivity index (χ2v) is 5.17. The van der Waals surface area contributed by atoms with Gasteiger partial charge in [-0.25, -0.2) is 0 Å². The van der Waals surface area contributed by atoms with Crippen molar-refractivity contribution in [2.75, 3.05) is 13.2 Å². The molecule has 82 valence electrons. The van der Waals surface area contributed by atoms with Crippen LogP contribution in [0.2, 0.25) is 0 Å². The molecule has 0 N–H and O–H groups in total. The van der Waals surface area contributed by atoms with Crippen molar-refractivity contribution in [3.05, 3.63) is 22.5 Å². The van der Waals surface area contributed by atoms with E-state index in [-0.39, 0.29) is 0 Å². The van der Waals surface area contributed by atoms with Gasteiger partial charge in [0.1, 0.15) is 0 Å². The predicted octanol–water partition coefficient (Wildman–Crippen LogP) is 4.06. The minimum Gasteiger partial charge on any atom is -0.306 e. The van der Waals surface area contributed by atoms with Crippen LogP contribution in [-0.2, 0) is 13.6 Å². The van der Waals surface area contributed by atoms with Gasteiger partial charge in [0, 0.05) is 10.3 Å². The Labute approximate surface area is 93.8 Å². The molecule has 5 heteroatoms. The first-order valence-corrected chi connectivity index (χ1v) is 6.88. The molecular weight excluding hydrogens is 267 g/mol. The van der Waals surface area contributed by atoms with Gasteiger partial charge < -0.3 is 9.05 Å². The summed E-state index contributed by atoms with van der Waals surface area (Å²) in [5.41, 5.74) is 0. The number of hydrogen-bond donors (Lipinski definition) is 0. The highest BCUT2D eigenvalue weighted by Gasteiger charge is 2.18. The molecule has 0 aliphatic heterocycles. The maximum atomic E-state index is 11.9. The molecule has 0 saturated carbocycles. The van der Waals surface area contributed by atoms with Crippen LogP contribution in [0.1, 0.15) is 20.8 Å². The van der Waals surface area contributed by atoms with Gasteiger partial charge in [0.15, 0.2) is 0 Å². The Morgan fingerprint density at radius 1 is 1.36 bits per heavy atom. The molecule has 0 atom stereocenters. The molecule has 0 aromatic rings. The minimum atomic E-state index is -3.04. The van der Waals surface area contributed by atoms with Gasteiger partial charge in [-0.05, 0) is 26.8 Å². The van der Waals surface area contributed by atoms with E-state index in [0.717, 1.165) is 4.48 Å². The molecule has 0 saturated heterocycles. The second-order valence-electron chi connectivity index (χ2n) is 2.36. The molecule has 0 heterocycles. The van der Waals surface area contributed by atoms with Crippen LogP contribution in [0.25, 0.3) is 0 Å². The Balaban J connectivity index is 4.51. The number of hydrogen-bond acceptors (Lipinski definition) is 3. The summed E-state index contributed by atoms with van der Waals surface area (Å²) in [6.45, 7) is 6.18. The Morgan fingerprint density at radius 3 is 2.21 bits per heavy atom. The fourth-order valence-electron chi connectivity index (χ4n) is 0.742. The van der Waals surface area contributed by atoms with Crippen LogP contribution in [0, 0.1) is 0 Å². The van der Waals surface area contributed by atoms with E-state index >= 15 is 0 Å². The van der Waals surface area contributed by atoms with Crippen molar-refractivity contribution in [1.82, 2.24) is 0 Å². The predicted molar refractivity (Wildman–Crippen MR) is 62.7 cm³/mol. The van der Waals surface area contributed by atoms with Gasteiger partial charge in [-0.15, -0.1) is 0 Å². The number of halogens is 1. The Bertz CT molecular complexity index is 251. The highest BCUT2D eigenvalue weighted by atomic mass is 79.9. The van der Waals surface area contributed by atoms with Gasteiger partial charge in [0.2, 0.25) is 0 Å². The van der Waals surface area contributed by atoms with Crippen molar-refractivity contribution < 1.29 is 13.6 Å². The lowest BCUT2D eigenvalue weighted by Crippen LogP contribution is -1.92. The van der Waals surface area contributed by atoms with Crippen LogP contribution in [0.5, 0.6) is 0 Å². The van der Waals surface area contributed by atoms with E-state index in [1.54, 1.807) is 19.9 Å². The van der Waals surface area contributed by atoms with Crippen LogP contribution in [0.3, 0.4) is 0 Å². The van der Waals surface area contributed by atoms with Crippen molar-refractivity contribution >= 4 is 23.5 Å². The highest BCUT2D eigenvalue weighted by Crippen LogP contribution is 2.49. The van der Waals surface area contributed by atoms with Crippen LogP contribution in [0.15, 0.2) is 22.5 Å². The molecule has 0 bridgehead atoms. The van der Waals surface area contributed by atoms with Crippen LogP contribution >= 0.6 is 23.5 Å². The highest BCUT2D eigenvalue weighted by molar-refractivity contribution is 9.11. The molecule has 0 aliphatic rings. The van der Waals surface area contributed by atoms with Crippen LogP contribution in [0.4, 0.5) is 0 Å². The molecule has 14 heavy (non-hydrogen) atoms. The molecule has 0 aliphatic carbocycles. The standard InChI is InChI=1S/C9H16BrO3P/c1-4-9(10)7-8-14(11,12-5-2)13-6-3/h4,7-8H,5-6H2,1-3H3/b8-7+,9-4-. The van der Waals surface area contributed by atoms with Crippen molar-refractivity contribution in [2.24, 2.45) is 0 Å². The first-order chi connectivity index (χ1) is 6.58. The van der Waals surface area contributed by atoms with Crippen molar-refractivity contribution in [3.63, 3.8) is 0 Å². The fourth-order valence-corrected chi connectivity index (χ4v) is 2.39. The largest absolute Gasteiger partial charge is 0.354 e. The summed E-state index contributed by atoms with van der Waals surface area (Å²) in [5.74, 6) is 1.46. The zero-order valence-corrected chi connectivity index (χ0v) is 11.2. The third-order valence-corrected chi connectivity index (χ3v) is 3.78. The summed E-state index contributed by atoms with van der Waals surface area (Å²) in [7, 11) is -3.04. The zero-order valence-electron chi connectivity index (χ0n) is 8.70. The minimum absolute atomic E-state index is 0.370. The lowest BCUT2D eigenvalue weighted by molar-refractivity contribution is 0.229.